The van der Waals surface area contributed by atoms with Gasteiger partial charge in [-0.25, -0.2) is 9.37 Å². The first-order chi connectivity index (χ1) is 14.3. The minimum absolute atomic E-state index is 0.000911. The molecule has 30 heavy (non-hydrogen) atoms. The van der Waals surface area contributed by atoms with Gasteiger partial charge >= 0.3 is 6.18 Å². The highest BCUT2D eigenvalue weighted by Gasteiger charge is 2.35. The number of nitrogens with zero attached hydrogens (tertiary/aromatic N) is 5. The van der Waals surface area contributed by atoms with Gasteiger partial charge in [0, 0.05) is 39.1 Å². The Morgan fingerprint density at radius 1 is 1.20 bits per heavy atom. The van der Waals surface area contributed by atoms with E-state index in [-0.39, 0.29) is 17.8 Å². The van der Waals surface area contributed by atoms with Crippen molar-refractivity contribution in [1.29, 1.82) is 0 Å². The molecule has 0 aromatic carbocycles. The molecule has 11 heteroatoms. The molecule has 0 spiro atoms. The number of piperidine rings is 1. The molecule has 2 aromatic rings. The van der Waals surface area contributed by atoms with Gasteiger partial charge in [0.2, 0.25) is 5.95 Å². The summed E-state index contributed by atoms with van der Waals surface area (Å²) in [7, 11) is 1.36. The second-order valence-electron chi connectivity index (χ2n) is 7.97. The van der Waals surface area contributed by atoms with Crippen molar-refractivity contribution >= 4 is 17.5 Å². The van der Waals surface area contributed by atoms with Gasteiger partial charge in [0.05, 0.1) is 17.9 Å². The molecule has 2 aliphatic rings. The Morgan fingerprint density at radius 2 is 2.00 bits per heavy atom. The summed E-state index contributed by atoms with van der Waals surface area (Å²) < 4.78 is 55.3. The lowest BCUT2D eigenvalue weighted by Gasteiger charge is -2.38. The van der Waals surface area contributed by atoms with E-state index in [2.05, 4.69) is 30.6 Å². The predicted molar refractivity (Wildman–Crippen MR) is 104 cm³/mol. The Hall–Kier alpha value is -2.43. The zero-order chi connectivity index (χ0) is 21.3. The van der Waals surface area contributed by atoms with Gasteiger partial charge in [0.15, 0.2) is 0 Å². The molecule has 164 valence electrons. The third-order valence-electron chi connectivity index (χ3n) is 5.86. The Kier molecular flexibility index (Phi) is 5.81. The molecule has 7 nitrogen and oxygen atoms in total. The summed E-state index contributed by atoms with van der Waals surface area (Å²) in [5.74, 6) is 0.384. The number of hydrogen-bond donors (Lipinski definition) is 2. The van der Waals surface area contributed by atoms with Crippen LogP contribution in [0.2, 0.25) is 0 Å². The lowest BCUT2D eigenvalue weighted by Crippen LogP contribution is -2.45. The van der Waals surface area contributed by atoms with E-state index in [1.807, 2.05) is 0 Å². The number of halogens is 4. The SMILES string of the molecule is CNc1nc(Nc2cnn([C@@H]3CCN(CC4CCC4)C[C@H]3F)c2)ncc1C(F)(F)F. The Labute approximate surface area is 171 Å². The van der Waals surface area contributed by atoms with Crippen LogP contribution >= 0.6 is 0 Å². The number of aromatic nitrogens is 4. The Bertz CT molecular complexity index is 865. The van der Waals surface area contributed by atoms with E-state index in [1.54, 1.807) is 10.9 Å². The number of rotatable bonds is 6. The zero-order valence-corrected chi connectivity index (χ0v) is 16.7. The molecule has 0 bridgehead atoms. The second-order valence-corrected chi connectivity index (χ2v) is 7.97. The smallest absolute Gasteiger partial charge is 0.372 e. The van der Waals surface area contributed by atoms with Gasteiger partial charge in [-0.15, -0.1) is 0 Å². The van der Waals surface area contributed by atoms with E-state index >= 15 is 0 Å². The molecule has 1 saturated carbocycles. The van der Waals surface area contributed by atoms with Crippen molar-refractivity contribution in [1.82, 2.24) is 24.6 Å². The van der Waals surface area contributed by atoms with Crippen molar-refractivity contribution < 1.29 is 17.6 Å². The fourth-order valence-corrected chi connectivity index (χ4v) is 4.01. The van der Waals surface area contributed by atoms with Crippen molar-refractivity contribution in [3.63, 3.8) is 0 Å². The summed E-state index contributed by atoms with van der Waals surface area (Å²) in [5, 5.41) is 9.51. The second kappa shape index (κ2) is 8.37. The number of hydrogen-bond acceptors (Lipinski definition) is 6. The van der Waals surface area contributed by atoms with E-state index in [0.717, 1.165) is 19.3 Å². The van der Waals surface area contributed by atoms with Crippen molar-refractivity contribution in [2.45, 2.75) is 44.1 Å². The van der Waals surface area contributed by atoms with E-state index in [9.17, 15) is 17.6 Å². The molecule has 2 fully saturated rings. The maximum atomic E-state index is 14.8. The van der Waals surface area contributed by atoms with Gasteiger partial charge in [-0.2, -0.15) is 23.3 Å². The van der Waals surface area contributed by atoms with E-state index in [0.29, 0.717) is 24.6 Å². The highest BCUT2D eigenvalue weighted by Crippen LogP contribution is 2.34. The normalized spacial score (nSPS) is 23.2. The van der Waals surface area contributed by atoms with Crippen molar-refractivity contribution in [3.05, 3.63) is 24.2 Å². The van der Waals surface area contributed by atoms with Crippen LogP contribution in [0.3, 0.4) is 0 Å². The first-order valence-corrected chi connectivity index (χ1v) is 10.1. The van der Waals surface area contributed by atoms with Crippen LogP contribution in [0.1, 0.15) is 37.3 Å². The standard InChI is InChI=1S/C19H25F4N7/c1-24-17-14(19(21,22)23)8-25-18(28-17)27-13-7-26-30(10-13)16-5-6-29(11-15(16)20)9-12-3-2-4-12/h7-8,10,12,15-16H,2-6,9,11H2,1H3,(H2,24,25,27,28)/t15-,16-/m1/s1. The van der Waals surface area contributed by atoms with E-state index in [4.69, 9.17) is 0 Å². The van der Waals surface area contributed by atoms with E-state index < -0.39 is 17.9 Å². The summed E-state index contributed by atoms with van der Waals surface area (Å²) in [6, 6.07) is -0.361. The van der Waals surface area contributed by atoms with Crippen LogP contribution in [-0.2, 0) is 6.18 Å². The number of alkyl halides is 4. The van der Waals surface area contributed by atoms with Gasteiger partial charge < -0.3 is 15.5 Å². The monoisotopic (exact) mass is 427 g/mol. The molecule has 2 aromatic heterocycles. The summed E-state index contributed by atoms with van der Waals surface area (Å²) in [5.41, 5.74) is -0.457. The molecule has 0 radical (unpaired) electrons. The van der Waals surface area contributed by atoms with Gasteiger partial charge in [-0.05, 0) is 25.2 Å². The van der Waals surface area contributed by atoms with Gasteiger partial charge in [0.1, 0.15) is 17.6 Å². The third kappa shape index (κ3) is 4.50. The molecule has 4 rings (SSSR count). The van der Waals surface area contributed by atoms with Gasteiger partial charge in [-0.3, -0.25) is 4.68 Å². The summed E-state index contributed by atoms with van der Waals surface area (Å²) in [4.78, 5) is 9.80. The Morgan fingerprint density at radius 3 is 2.63 bits per heavy atom. The Balaban J connectivity index is 1.39. The lowest BCUT2D eigenvalue weighted by molar-refractivity contribution is -0.137. The highest BCUT2D eigenvalue weighted by atomic mass is 19.4. The number of anilines is 3. The minimum Gasteiger partial charge on any atom is -0.372 e. The van der Waals surface area contributed by atoms with Gasteiger partial charge in [-0.1, -0.05) is 6.42 Å². The van der Waals surface area contributed by atoms with Crippen molar-refractivity contribution in [2.75, 3.05) is 37.3 Å². The molecule has 2 N–H and O–H groups in total. The first kappa shape index (κ1) is 20.8. The van der Waals surface area contributed by atoms with Crippen LogP contribution in [0.25, 0.3) is 0 Å². The predicted octanol–water partition coefficient (Wildman–Crippen LogP) is 3.86. The molecule has 3 heterocycles. The van der Waals surface area contributed by atoms with Crippen LogP contribution in [-0.4, -0.2) is 57.5 Å². The van der Waals surface area contributed by atoms with Crippen molar-refractivity contribution in [2.24, 2.45) is 5.92 Å². The number of likely N-dealkylation sites (tertiary alicyclic amines) is 1. The first-order valence-electron chi connectivity index (χ1n) is 10.1. The maximum absolute atomic E-state index is 14.8. The molecular formula is C19H25F4N7. The number of nitrogens with one attached hydrogen (secondary N) is 2. The van der Waals surface area contributed by atoms with Crippen LogP contribution in [0.15, 0.2) is 18.6 Å². The van der Waals surface area contributed by atoms with Gasteiger partial charge in [0.25, 0.3) is 0 Å². The fourth-order valence-electron chi connectivity index (χ4n) is 4.01. The summed E-state index contributed by atoms with van der Waals surface area (Å²) in [6.45, 7) is 2.20. The van der Waals surface area contributed by atoms with Crippen molar-refractivity contribution in [3.8, 4) is 0 Å². The average Bonchev–Trinajstić information content (AvgIpc) is 3.12. The molecule has 0 unspecified atom stereocenters. The topological polar surface area (TPSA) is 70.9 Å². The van der Waals surface area contributed by atoms with Crippen LogP contribution < -0.4 is 10.6 Å². The highest BCUT2D eigenvalue weighted by molar-refractivity contribution is 5.55. The molecule has 1 saturated heterocycles. The fraction of sp³-hybridized carbons (Fsp3) is 0.632. The molecule has 1 aliphatic carbocycles. The minimum atomic E-state index is -4.55. The van der Waals surface area contributed by atoms with E-state index in [1.165, 1.54) is 32.5 Å². The third-order valence-corrected chi connectivity index (χ3v) is 5.86. The van der Waals surface area contributed by atoms with Crippen LogP contribution in [0.4, 0.5) is 35.0 Å². The molecule has 2 atom stereocenters. The molecule has 0 amide bonds. The quantitative estimate of drug-likeness (QED) is 0.683. The zero-order valence-electron chi connectivity index (χ0n) is 16.7. The van der Waals surface area contributed by atoms with Crippen LogP contribution in [0, 0.1) is 5.92 Å². The average molecular weight is 427 g/mol. The largest absolute Gasteiger partial charge is 0.421 e. The maximum Gasteiger partial charge on any atom is 0.421 e. The lowest BCUT2D eigenvalue weighted by atomic mass is 9.84. The summed E-state index contributed by atoms with van der Waals surface area (Å²) in [6.07, 6.45) is 2.71. The van der Waals surface area contributed by atoms with Crippen LogP contribution in [0.5, 0.6) is 0 Å². The summed E-state index contributed by atoms with van der Waals surface area (Å²) >= 11 is 0. The molecular weight excluding hydrogens is 402 g/mol. The molecule has 1 aliphatic heterocycles.